The maximum Gasteiger partial charge on any atom is 0.415 e. The topological polar surface area (TPSA) is 151 Å². The normalized spacial score (nSPS) is 17.9. The molecule has 2 aromatic carbocycles. The number of aromatic hydroxyl groups is 1. The number of benzene rings is 2. The predicted octanol–water partition coefficient (Wildman–Crippen LogP) is 5.05. The van der Waals surface area contributed by atoms with E-state index in [1.807, 2.05) is 20.8 Å². The minimum absolute atomic E-state index is 0.158. The van der Waals surface area contributed by atoms with Crippen molar-refractivity contribution in [3.8, 4) is 11.5 Å². The number of carbonyl (C=O) groups excluding carboxylic acids is 3. The summed E-state index contributed by atoms with van der Waals surface area (Å²) in [6.45, 7) is 5.51. The second-order valence-corrected chi connectivity index (χ2v) is 13.3. The molecule has 1 heterocycles. The SMILES string of the molecule is CCCCOc1ccc(C2C3=C(CC(C)(C)CC3=O)Nc3c(O)cccc3N2C(=O)OCC(=O)NS(C)(=O)=O)c(Cl)c1. The quantitative estimate of drug-likeness (QED) is 0.272. The number of rotatable bonds is 8. The summed E-state index contributed by atoms with van der Waals surface area (Å²) in [7, 11) is -3.89. The number of allylic oxidation sites excluding steroid dienone is 1. The van der Waals surface area contributed by atoms with Crippen molar-refractivity contribution in [2.45, 2.75) is 52.5 Å². The maximum absolute atomic E-state index is 13.8. The second-order valence-electron chi connectivity index (χ2n) is 11.1. The fraction of sp³-hybridized carbons (Fsp3) is 0.414. The number of halogens is 1. The van der Waals surface area contributed by atoms with Crippen LogP contribution in [0, 0.1) is 5.41 Å². The van der Waals surface area contributed by atoms with E-state index in [9.17, 15) is 27.9 Å². The van der Waals surface area contributed by atoms with Crippen LogP contribution in [0.15, 0.2) is 47.7 Å². The van der Waals surface area contributed by atoms with Crippen molar-refractivity contribution in [3.63, 3.8) is 0 Å². The molecule has 0 bridgehead atoms. The molecule has 1 aliphatic carbocycles. The van der Waals surface area contributed by atoms with Gasteiger partial charge in [-0.2, -0.15) is 0 Å². The number of amides is 2. The number of hydrogen-bond acceptors (Lipinski definition) is 9. The van der Waals surface area contributed by atoms with Gasteiger partial charge in [-0.3, -0.25) is 19.2 Å². The maximum atomic E-state index is 13.8. The highest BCUT2D eigenvalue weighted by Crippen LogP contribution is 2.51. The van der Waals surface area contributed by atoms with Crippen molar-refractivity contribution in [2.24, 2.45) is 5.41 Å². The molecule has 2 amide bonds. The van der Waals surface area contributed by atoms with Gasteiger partial charge < -0.3 is 19.9 Å². The van der Waals surface area contributed by atoms with Gasteiger partial charge in [-0.15, -0.1) is 0 Å². The zero-order valence-corrected chi connectivity index (χ0v) is 25.4. The van der Waals surface area contributed by atoms with Gasteiger partial charge in [0.1, 0.15) is 17.2 Å². The Morgan fingerprint density at radius 1 is 1.21 bits per heavy atom. The number of Topliss-reactive ketones (excluding diaryl/α,β-unsaturated/α-hetero) is 1. The highest BCUT2D eigenvalue weighted by molar-refractivity contribution is 7.89. The van der Waals surface area contributed by atoms with Crippen molar-refractivity contribution in [1.29, 1.82) is 0 Å². The summed E-state index contributed by atoms with van der Waals surface area (Å²) in [6, 6.07) is 8.34. The number of carbonyl (C=O) groups is 3. The van der Waals surface area contributed by atoms with E-state index < -0.39 is 40.1 Å². The molecule has 2 aliphatic rings. The summed E-state index contributed by atoms with van der Waals surface area (Å²) in [5.74, 6) is -0.973. The van der Waals surface area contributed by atoms with E-state index in [0.29, 0.717) is 30.0 Å². The highest BCUT2D eigenvalue weighted by Gasteiger charge is 2.45. The van der Waals surface area contributed by atoms with Crippen molar-refractivity contribution < 1.29 is 37.4 Å². The van der Waals surface area contributed by atoms with E-state index in [-0.39, 0.29) is 39.9 Å². The monoisotopic (exact) mass is 619 g/mol. The number of nitrogens with zero attached hydrogens (tertiary/aromatic N) is 1. The molecule has 3 N–H and O–H groups in total. The average molecular weight is 620 g/mol. The molecule has 42 heavy (non-hydrogen) atoms. The molecule has 0 aromatic heterocycles. The van der Waals surface area contributed by atoms with E-state index in [4.69, 9.17) is 21.1 Å². The molecule has 226 valence electrons. The number of ether oxygens (including phenoxy) is 2. The van der Waals surface area contributed by atoms with Crippen LogP contribution in [0.5, 0.6) is 11.5 Å². The average Bonchev–Trinajstić information content (AvgIpc) is 3.01. The zero-order chi connectivity index (χ0) is 30.8. The first-order valence-corrected chi connectivity index (χ1v) is 15.7. The molecule has 0 saturated carbocycles. The number of unbranched alkanes of at least 4 members (excludes halogenated alkanes) is 1. The Hall–Kier alpha value is -3.77. The first-order chi connectivity index (χ1) is 19.7. The minimum Gasteiger partial charge on any atom is -0.506 e. The summed E-state index contributed by atoms with van der Waals surface area (Å²) < 4.78 is 35.8. The van der Waals surface area contributed by atoms with E-state index in [0.717, 1.165) is 24.0 Å². The Kier molecular flexibility index (Phi) is 9.07. The van der Waals surface area contributed by atoms with Crippen molar-refractivity contribution in [1.82, 2.24) is 4.72 Å². The third kappa shape index (κ3) is 6.99. The lowest BCUT2D eigenvalue weighted by Crippen LogP contribution is -2.41. The van der Waals surface area contributed by atoms with Crippen LogP contribution < -0.4 is 19.7 Å². The molecule has 0 spiro atoms. The third-order valence-corrected chi connectivity index (χ3v) is 7.79. The van der Waals surface area contributed by atoms with Gasteiger partial charge >= 0.3 is 6.09 Å². The Morgan fingerprint density at radius 2 is 1.95 bits per heavy atom. The van der Waals surface area contributed by atoms with Crippen molar-refractivity contribution >= 4 is 50.8 Å². The van der Waals surface area contributed by atoms with Gasteiger partial charge in [0.2, 0.25) is 10.0 Å². The lowest BCUT2D eigenvalue weighted by Gasteiger charge is -2.37. The Bertz CT molecular complexity index is 1550. The number of hydrogen-bond donors (Lipinski definition) is 3. The van der Waals surface area contributed by atoms with Gasteiger partial charge in [-0.1, -0.05) is 50.9 Å². The summed E-state index contributed by atoms with van der Waals surface area (Å²) in [4.78, 5) is 41.0. The van der Waals surface area contributed by atoms with Gasteiger partial charge in [0, 0.05) is 22.7 Å². The van der Waals surface area contributed by atoms with Crippen LogP contribution in [0.25, 0.3) is 0 Å². The molecular weight excluding hydrogens is 586 g/mol. The van der Waals surface area contributed by atoms with Gasteiger partial charge in [0.25, 0.3) is 5.91 Å². The van der Waals surface area contributed by atoms with Gasteiger partial charge in [0.15, 0.2) is 12.4 Å². The Morgan fingerprint density at radius 3 is 2.62 bits per heavy atom. The fourth-order valence-electron chi connectivity index (χ4n) is 5.12. The Balaban J connectivity index is 1.87. The number of ketones is 1. The molecule has 2 aromatic rings. The Labute approximate surface area is 249 Å². The van der Waals surface area contributed by atoms with Crippen LogP contribution in [0.4, 0.5) is 16.2 Å². The molecule has 0 fully saturated rings. The van der Waals surface area contributed by atoms with Crippen molar-refractivity contribution in [2.75, 3.05) is 29.7 Å². The lowest BCUT2D eigenvalue weighted by atomic mass is 9.73. The fourth-order valence-corrected chi connectivity index (χ4v) is 5.87. The van der Waals surface area contributed by atoms with E-state index in [2.05, 4.69) is 5.32 Å². The van der Waals surface area contributed by atoms with Crippen LogP contribution >= 0.6 is 11.6 Å². The standard InChI is InChI=1S/C29H34ClN3O8S/c1-5-6-12-40-17-10-11-18(19(30)13-17)27-25-20(14-29(2,3)15-23(25)35)31-26-21(8-7-9-22(26)34)33(27)28(37)41-16-24(36)32-42(4,38)39/h7-11,13,27,31,34H,5-6,12,14-16H2,1-4H3,(H,32,36). The van der Waals surface area contributed by atoms with E-state index >= 15 is 0 Å². The van der Waals surface area contributed by atoms with Crippen molar-refractivity contribution in [3.05, 3.63) is 58.3 Å². The summed E-state index contributed by atoms with van der Waals surface area (Å²) in [5, 5.41) is 14.3. The summed E-state index contributed by atoms with van der Waals surface area (Å²) >= 11 is 6.80. The minimum atomic E-state index is -3.89. The molecule has 4 rings (SSSR count). The smallest absolute Gasteiger partial charge is 0.415 e. The zero-order valence-electron chi connectivity index (χ0n) is 23.8. The largest absolute Gasteiger partial charge is 0.506 e. The van der Waals surface area contributed by atoms with Gasteiger partial charge in [0.05, 0.1) is 24.6 Å². The number of phenolic OH excluding ortho intramolecular Hbond substituents is 1. The number of anilines is 2. The van der Waals surface area contributed by atoms with E-state index in [1.165, 1.54) is 12.1 Å². The summed E-state index contributed by atoms with van der Waals surface area (Å²) in [5.41, 5.74) is 1.05. The number of para-hydroxylation sites is 1. The number of fused-ring (bicyclic) bond motifs is 1. The molecule has 11 nitrogen and oxygen atoms in total. The van der Waals surface area contributed by atoms with Gasteiger partial charge in [-0.25, -0.2) is 13.2 Å². The molecule has 0 radical (unpaired) electrons. The third-order valence-electron chi connectivity index (χ3n) is 6.86. The number of phenols is 1. The predicted molar refractivity (Wildman–Crippen MR) is 158 cm³/mol. The van der Waals surface area contributed by atoms with E-state index in [1.54, 1.807) is 29.0 Å². The molecule has 1 atom stereocenters. The van der Waals surface area contributed by atoms with Gasteiger partial charge in [-0.05, 0) is 48.1 Å². The highest BCUT2D eigenvalue weighted by atomic mass is 35.5. The molecule has 13 heteroatoms. The van der Waals surface area contributed by atoms with Crippen LogP contribution in [0.1, 0.15) is 58.1 Å². The second kappa shape index (κ2) is 12.2. The number of sulfonamides is 1. The first-order valence-electron chi connectivity index (χ1n) is 13.4. The van der Waals surface area contributed by atoms with Crippen LogP contribution in [0.3, 0.4) is 0 Å². The van der Waals surface area contributed by atoms with Crippen LogP contribution in [-0.2, 0) is 24.3 Å². The molecule has 1 aliphatic heterocycles. The van der Waals surface area contributed by atoms with Crippen LogP contribution in [-0.4, -0.2) is 50.8 Å². The summed E-state index contributed by atoms with van der Waals surface area (Å²) in [6.07, 6.45) is 2.13. The van der Waals surface area contributed by atoms with Crippen LogP contribution in [0.2, 0.25) is 5.02 Å². The molecular formula is C29H34ClN3O8S. The lowest BCUT2D eigenvalue weighted by molar-refractivity contribution is -0.122. The first kappa shape index (κ1) is 31.2. The molecule has 0 saturated heterocycles. The number of nitrogens with one attached hydrogen (secondary N) is 2. The molecule has 1 unspecified atom stereocenters.